The van der Waals surface area contributed by atoms with E-state index in [0.717, 1.165) is 24.8 Å². The van der Waals surface area contributed by atoms with E-state index in [0.29, 0.717) is 5.92 Å². The van der Waals surface area contributed by atoms with E-state index in [1.807, 2.05) is 30.3 Å². The number of sulfonamides is 1. The first kappa shape index (κ1) is 25.0. The maximum Gasteiger partial charge on any atom is 0.241 e. The van der Waals surface area contributed by atoms with E-state index in [1.54, 1.807) is 6.54 Å². The molecule has 1 amide bonds. The lowest BCUT2D eigenvalue weighted by atomic mass is 10.1. The van der Waals surface area contributed by atoms with Crippen LogP contribution in [0.3, 0.4) is 0 Å². The van der Waals surface area contributed by atoms with Crippen molar-refractivity contribution in [1.82, 2.24) is 15.0 Å². The van der Waals surface area contributed by atoms with Crippen LogP contribution in [-0.2, 0) is 31.1 Å². The molecule has 1 fully saturated rings. The lowest BCUT2D eigenvalue weighted by molar-refractivity contribution is -0.122. The largest absolute Gasteiger partial charge is 0.350 e. The van der Waals surface area contributed by atoms with Gasteiger partial charge in [0.05, 0.1) is 14.7 Å². The van der Waals surface area contributed by atoms with Crippen LogP contribution in [0.15, 0.2) is 93.8 Å². The molecular formula is C25H26N3O5S2. The van der Waals surface area contributed by atoms with Crippen LogP contribution in [0.4, 0.5) is 0 Å². The Bertz CT molecular complexity index is 1360. The molecule has 0 unspecified atom stereocenters. The molecule has 1 atom stereocenters. The Morgan fingerprint density at radius 2 is 1.60 bits per heavy atom. The van der Waals surface area contributed by atoms with E-state index >= 15 is 0 Å². The third-order valence-electron chi connectivity index (χ3n) is 5.68. The highest BCUT2D eigenvalue weighted by Gasteiger charge is 2.28. The van der Waals surface area contributed by atoms with Crippen molar-refractivity contribution in [2.45, 2.75) is 46.4 Å². The van der Waals surface area contributed by atoms with E-state index in [-0.39, 0.29) is 21.1 Å². The molecule has 35 heavy (non-hydrogen) atoms. The van der Waals surface area contributed by atoms with Gasteiger partial charge in [0, 0.05) is 18.9 Å². The second-order valence-corrected chi connectivity index (χ2v) is 12.1. The first-order valence-electron chi connectivity index (χ1n) is 11.2. The van der Waals surface area contributed by atoms with E-state index in [1.165, 1.54) is 48.8 Å². The number of benzene rings is 2. The normalized spacial score (nSPS) is 14.9. The highest BCUT2D eigenvalue weighted by molar-refractivity contribution is 7.91. The van der Waals surface area contributed by atoms with Gasteiger partial charge in [0.2, 0.25) is 25.8 Å². The van der Waals surface area contributed by atoms with Crippen LogP contribution in [-0.4, -0.2) is 33.8 Å². The lowest BCUT2D eigenvalue weighted by Crippen LogP contribution is -2.47. The number of sulfone groups is 1. The molecule has 2 aromatic carbocycles. The van der Waals surface area contributed by atoms with Crippen molar-refractivity contribution in [1.29, 1.82) is 0 Å². The number of nitrogens with one attached hydrogen (secondary N) is 2. The maximum atomic E-state index is 13.1. The zero-order valence-corrected chi connectivity index (χ0v) is 20.5. The Kier molecular flexibility index (Phi) is 7.63. The second kappa shape index (κ2) is 10.7. The van der Waals surface area contributed by atoms with Crippen molar-refractivity contribution in [3.63, 3.8) is 0 Å². The first-order chi connectivity index (χ1) is 16.8. The van der Waals surface area contributed by atoms with Gasteiger partial charge in [-0.25, -0.2) is 16.8 Å². The minimum absolute atomic E-state index is 0.00998. The third-order valence-corrected chi connectivity index (χ3v) is 8.92. The summed E-state index contributed by atoms with van der Waals surface area (Å²) in [6, 6.07) is 15.9. The van der Waals surface area contributed by atoms with Gasteiger partial charge in [0.1, 0.15) is 6.04 Å². The highest BCUT2D eigenvalue weighted by Crippen LogP contribution is 2.32. The van der Waals surface area contributed by atoms with E-state index in [9.17, 15) is 21.6 Å². The first-order valence-corrected chi connectivity index (χ1v) is 14.2. The molecule has 8 nitrogen and oxygen atoms in total. The number of carbonyl (C=O) groups excluding carboxylic acids is 1. The van der Waals surface area contributed by atoms with Gasteiger partial charge in [-0.15, -0.1) is 0 Å². The molecule has 1 heterocycles. The lowest BCUT2D eigenvalue weighted by Gasteiger charge is -2.19. The van der Waals surface area contributed by atoms with Crippen LogP contribution in [0, 0.1) is 12.5 Å². The van der Waals surface area contributed by atoms with Gasteiger partial charge in [0.15, 0.2) is 0 Å². The van der Waals surface area contributed by atoms with Crippen molar-refractivity contribution in [2.75, 3.05) is 0 Å². The van der Waals surface area contributed by atoms with Gasteiger partial charge in [-0.1, -0.05) is 43.2 Å². The third kappa shape index (κ3) is 6.53. The van der Waals surface area contributed by atoms with Crippen LogP contribution in [0.5, 0.6) is 0 Å². The molecule has 1 saturated carbocycles. The van der Waals surface area contributed by atoms with Gasteiger partial charge in [-0.3, -0.25) is 9.78 Å². The summed E-state index contributed by atoms with van der Waals surface area (Å²) in [6.45, 7) is 1.68. The summed E-state index contributed by atoms with van der Waals surface area (Å²) in [5.41, 5.74) is 0.801. The van der Waals surface area contributed by atoms with Crippen molar-refractivity contribution < 1.29 is 21.6 Å². The predicted molar refractivity (Wildman–Crippen MR) is 130 cm³/mol. The maximum absolute atomic E-state index is 13.1. The predicted octanol–water partition coefficient (Wildman–Crippen LogP) is 2.88. The summed E-state index contributed by atoms with van der Waals surface area (Å²) < 4.78 is 54.2. The van der Waals surface area contributed by atoms with Crippen LogP contribution < -0.4 is 10.0 Å². The van der Waals surface area contributed by atoms with Crippen LogP contribution in [0.2, 0.25) is 0 Å². The molecule has 0 bridgehead atoms. The Balaban J connectivity index is 1.51. The quantitative estimate of drug-likeness (QED) is 0.407. The second-order valence-electron chi connectivity index (χ2n) is 8.42. The fourth-order valence-electron chi connectivity index (χ4n) is 3.51. The van der Waals surface area contributed by atoms with E-state index in [2.05, 4.69) is 15.0 Å². The Labute approximate surface area is 205 Å². The fraction of sp³-hybridized carbons (Fsp3) is 0.240. The summed E-state index contributed by atoms with van der Waals surface area (Å²) in [4.78, 5) is 16.5. The smallest absolute Gasteiger partial charge is 0.241 e. The standard InChI is InChI=1S/C25H26N3O5S2/c29-25(27-16-14-19-8-9-19)24(17-20-5-2-1-3-6-20)28-35(32,33)22-12-10-21(11-13-22)34(30,31)23-7-4-15-26-18-23/h1-7,10-13,15-16,18-19,24,28H,8-9,14,17H2,(H,27,29)/t24-/m0/s1. The number of pyridine rings is 1. The average Bonchev–Trinajstić information content (AvgIpc) is 3.69. The van der Waals surface area contributed by atoms with Gasteiger partial charge in [-0.2, -0.15) is 4.72 Å². The van der Waals surface area contributed by atoms with Crippen LogP contribution >= 0.6 is 0 Å². The molecule has 2 N–H and O–H groups in total. The molecule has 0 saturated heterocycles. The van der Waals surface area contributed by atoms with Crippen LogP contribution in [0.25, 0.3) is 0 Å². The summed E-state index contributed by atoms with van der Waals surface area (Å²) >= 11 is 0. The number of amides is 1. The molecule has 1 radical (unpaired) electrons. The molecule has 10 heteroatoms. The topological polar surface area (TPSA) is 122 Å². The van der Waals surface area contributed by atoms with Gasteiger partial charge in [0.25, 0.3) is 0 Å². The van der Waals surface area contributed by atoms with Crippen molar-refractivity contribution in [3.05, 3.63) is 91.2 Å². The molecular weight excluding hydrogens is 486 g/mol. The SMILES string of the molecule is O=C(N[CH]CC1CC1)[C@H](Cc1ccccc1)NS(=O)(=O)c1ccc(S(=O)(=O)c2cccnc2)cc1. The molecule has 1 aliphatic carbocycles. The zero-order valence-electron chi connectivity index (χ0n) is 18.9. The highest BCUT2D eigenvalue weighted by atomic mass is 32.2. The summed E-state index contributed by atoms with van der Waals surface area (Å²) in [7, 11) is -7.95. The monoisotopic (exact) mass is 512 g/mol. The summed E-state index contributed by atoms with van der Waals surface area (Å²) in [5, 5.41) is 2.72. The molecule has 3 aromatic rings. The van der Waals surface area contributed by atoms with E-state index in [4.69, 9.17) is 0 Å². The zero-order chi connectivity index (χ0) is 24.9. The number of carbonyl (C=O) groups is 1. The minimum Gasteiger partial charge on any atom is -0.350 e. The Morgan fingerprint density at radius 3 is 2.23 bits per heavy atom. The molecule has 1 aromatic heterocycles. The molecule has 1 aliphatic rings. The Morgan fingerprint density at radius 1 is 0.914 bits per heavy atom. The fourth-order valence-corrected chi connectivity index (χ4v) is 5.93. The van der Waals surface area contributed by atoms with Crippen LogP contribution in [0.1, 0.15) is 24.8 Å². The van der Waals surface area contributed by atoms with Crippen molar-refractivity contribution in [2.24, 2.45) is 5.92 Å². The van der Waals surface area contributed by atoms with Gasteiger partial charge < -0.3 is 5.32 Å². The summed E-state index contributed by atoms with van der Waals surface area (Å²) in [5.74, 6) is 0.134. The minimum atomic E-state index is -4.11. The number of rotatable bonds is 11. The molecule has 0 aliphatic heterocycles. The number of hydrogen-bond acceptors (Lipinski definition) is 6. The number of aromatic nitrogens is 1. The average molecular weight is 513 g/mol. The van der Waals surface area contributed by atoms with Gasteiger partial charge >= 0.3 is 0 Å². The van der Waals surface area contributed by atoms with Crippen molar-refractivity contribution in [3.8, 4) is 0 Å². The molecule has 4 rings (SSSR count). The summed E-state index contributed by atoms with van der Waals surface area (Å²) in [6.07, 6.45) is 5.89. The number of hydrogen-bond donors (Lipinski definition) is 2. The van der Waals surface area contributed by atoms with E-state index < -0.39 is 31.8 Å². The van der Waals surface area contributed by atoms with Crippen molar-refractivity contribution >= 4 is 25.8 Å². The Hall–Kier alpha value is -3.08. The molecule has 183 valence electrons. The number of nitrogens with zero attached hydrogens (tertiary/aromatic N) is 1. The molecule has 0 spiro atoms. The van der Waals surface area contributed by atoms with Gasteiger partial charge in [-0.05, 0) is 60.7 Å².